The maximum absolute atomic E-state index is 14.1. The number of aryl methyl sites for hydroxylation is 2. The molecular weight excluding hydrogens is 641 g/mol. The minimum atomic E-state index is -0.996. The van der Waals surface area contributed by atoms with Crippen LogP contribution in [0.1, 0.15) is 50.0 Å². The molecule has 3 heterocycles. The summed E-state index contributed by atoms with van der Waals surface area (Å²) in [5.74, 6) is -0.195. The van der Waals surface area contributed by atoms with Crippen LogP contribution in [0.5, 0.6) is 11.5 Å². The second-order valence-electron chi connectivity index (χ2n) is 10.4. The smallest absolute Gasteiger partial charge is 0.296 e. The Balaban J connectivity index is 1.38. The molecule has 1 unspecified atom stereocenters. The van der Waals surface area contributed by atoms with Gasteiger partial charge in [-0.05, 0) is 49.6 Å². The highest BCUT2D eigenvalue weighted by molar-refractivity contribution is 8.00. The normalized spacial score (nSPS) is 14.6. The lowest BCUT2D eigenvalue weighted by molar-refractivity contribution is -0.117. The summed E-state index contributed by atoms with van der Waals surface area (Å²) in [6.45, 7) is 6.11. The monoisotopic (exact) mass is 670 g/mol. The van der Waals surface area contributed by atoms with E-state index < -0.39 is 23.5 Å². The second kappa shape index (κ2) is 13.9. The third-order valence-corrected chi connectivity index (χ3v) is 10.4. The number of carbonyl (C=O) groups excluding carboxylic acids is 2. The molecule has 0 bridgehead atoms. The van der Waals surface area contributed by atoms with Crippen molar-refractivity contribution in [1.82, 2.24) is 15.2 Å². The van der Waals surface area contributed by atoms with Gasteiger partial charge in [-0.25, -0.2) is 4.98 Å². The van der Waals surface area contributed by atoms with Crippen molar-refractivity contribution in [1.29, 1.82) is 0 Å². The highest BCUT2D eigenvalue weighted by Gasteiger charge is 2.47. The van der Waals surface area contributed by atoms with Crippen LogP contribution in [0.15, 0.2) is 94.5 Å². The number of amides is 1. The van der Waals surface area contributed by atoms with Gasteiger partial charge in [0.05, 0.1) is 33.8 Å². The highest BCUT2D eigenvalue weighted by atomic mass is 32.2. The van der Waals surface area contributed by atoms with E-state index in [1.165, 1.54) is 39.3 Å². The zero-order valence-corrected chi connectivity index (χ0v) is 27.7. The van der Waals surface area contributed by atoms with Gasteiger partial charge in [-0.15, -0.1) is 21.5 Å². The fourth-order valence-corrected chi connectivity index (χ4v) is 7.81. The largest absolute Gasteiger partial charge is 0.503 e. The van der Waals surface area contributed by atoms with Gasteiger partial charge in [-0.3, -0.25) is 14.5 Å². The summed E-state index contributed by atoms with van der Waals surface area (Å²) in [5.41, 5.74) is 3.15. The molecule has 3 aromatic carbocycles. The number of carbonyl (C=O) groups is 2. The minimum Gasteiger partial charge on any atom is -0.503 e. The van der Waals surface area contributed by atoms with Crippen LogP contribution in [0, 0.1) is 13.8 Å². The molecule has 0 fully saturated rings. The van der Waals surface area contributed by atoms with Gasteiger partial charge in [-0.1, -0.05) is 89.8 Å². The molecule has 0 radical (unpaired) electrons. The average molecular weight is 671 g/mol. The standard InChI is InChI=1S/C34H30N4O5S3/c1-4-42-26-17-24(15-16-25(26)43-18-22-11-7-5-8-12-22)28-27(29(39)31-20(2)35-21(3)45-31)30(40)32(41)38(28)33-36-37-34(46-33)44-19-23-13-9-6-10-14-23/h5-17,28,40H,4,18-19H2,1-3H3. The van der Waals surface area contributed by atoms with Gasteiger partial charge in [0.15, 0.2) is 21.6 Å². The van der Waals surface area contributed by atoms with E-state index >= 15 is 0 Å². The maximum Gasteiger partial charge on any atom is 0.296 e. The molecular formula is C34H30N4O5S3. The first-order valence-corrected chi connectivity index (χ1v) is 17.1. The van der Waals surface area contributed by atoms with E-state index in [0.717, 1.165) is 11.1 Å². The Kier molecular flexibility index (Phi) is 9.48. The number of Topliss-reactive ketones (excluding diaryl/α,β-unsaturated/α-hetero) is 1. The quantitative estimate of drug-likeness (QED) is 0.0812. The molecule has 6 rings (SSSR count). The Morgan fingerprint density at radius 3 is 2.33 bits per heavy atom. The maximum atomic E-state index is 14.1. The average Bonchev–Trinajstić information content (AvgIpc) is 3.75. The first kappa shape index (κ1) is 31.5. The van der Waals surface area contributed by atoms with E-state index in [2.05, 4.69) is 15.2 Å². The van der Waals surface area contributed by atoms with Crippen molar-refractivity contribution in [3.05, 3.63) is 122 Å². The second-order valence-corrected chi connectivity index (χ2v) is 13.7. The molecule has 234 valence electrons. The Morgan fingerprint density at radius 1 is 0.935 bits per heavy atom. The predicted molar refractivity (Wildman–Crippen MR) is 180 cm³/mol. The van der Waals surface area contributed by atoms with Gasteiger partial charge >= 0.3 is 0 Å². The number of aliphatic hydroxyl groups excluding tert-OH is 1. The number of nitrogens with zero attached hydrogens (tertiary/aromatic N) is 4. The number of hydrogen-bond acceptors (Lipinski definition) is 11. The number of aliphatic hydroxyl groups is 1. The van der Waals surface area contributed by atoms with Crippen LogP contribution >= 0.6 is 34.4 Å². The molecule has 0 aliphatic carbocycles. The fourth-order valence-electron chi connectivity index (χ4n) is 5.11. The van der Waals surface area contributed by atoms with Crippen LogP contribution in [0.2, 0.25) is 0 Å². The van der Waals surface area contributed by atoms with E-state index in [0.29, 0.717) is 55.9 Å². The van der Waals surface area contributed by atoms with E-state index in [9.17, 15) is 14.7 Å². The third kappa shape index (κ3) is 6.55. The van der Waals surface area contributed by atoms with E-state index in [1.807, 2.05) is 74.5 Å². The van der Waals surface area contributed by atoms with Crippen LogP contribution < -0.4 is 14.4 Å². The molecule has 1 amide bonds. The summed E-state index contributed by atoms with van der Waals surface area (Å²) < 4.78 is 12.7. The van der Waals surface area contributed by atoms with Crippen molar-refractivity contribution in [3.8, 4) is 11.5 Å². The Hall–Kier alpha value is -4.52. The molecule has 1 aliphatic rings. The molecule has 9 nitrogen and oxygen atoms in total. The molecule has 0 saturated carbocycles. The van der Waals surface area contributed by atoms with Gasteiger partial charge in [0, 0.05) is 5.75 Å². The fraction of sp³-hybridized carbons (Fsp3) is 0.206. The van der Waals surface area contributed by atoms with Crippen LogP contribution in [-0.2, 0) is 17.2 Å². The number of anilines is 1. The Morgan fingerprint density at radius 2 is 1.65 bits per heavy atom. The number of aromatic nitrogens is 3. The molecule has 1 aliphatic heterocycles. The summed E-state index contributed by atoms with van der Waals surface area (Å²) in [7, 11) is 0. The summed E-state index contributed by atoms with van der Waals surface area (Å²) in [5, 5.41) is 20.9. The number of ketones is 1. The Labute approximate surface area is 278 Å². The lowest BCUT2D eigenvalue weighted by Crippen LogP contribution is -2.31. The number of benzene rings is 3. The zero-order chi connectivity index (χ0) is 32.2. The van der Waals surface area contributed by atoms with Crippen molar-refractivity contribution < 1.29 is 24.2 Å². The third-order valence-electron chi connectivity index (χ3n) is 7.19. The summed E-state index contributed by atoms with van der Waals surface area (Å²) in [4.78, 5) is 34.0. The molecule has 12 heteroatoms. The highest BCUT2D eigenvalue weighted by Crippen LogP contribution is 2.46. The van der Waals surface area contributed by atoms with Gasteiger partial charge < -0.3 is 14.6 Å². The zero-order valence-electron chi connectivity index (χ0n) is 25.3. The first-order valence-electron chi connectivity index (χ1n) is 14.5. The van der Waals surface area contributed by atoms with Crippen LogP contribution in [0.3, 0.4) is 0 Å². The van der Waals surface area contributed by atoms with Crippen LogP contribution in [-0.4, -0.2) is 38.6 Å². The van der Waals surface area contributed by atoms with Crippen molar-refractivity contribution >= 4 is 51.3 Å². The molecule has 2 aromatic heterocycles. The van der Waals surface area contributed by atoms with Crippen molar-refractivity contribution in [2.75, 3.05) is 11.5 Å². The van der Waals surface area contributed by atoms with Crippen molar-refractivity contribution in [2.24, 2.45) is 0 Å². The summed E-state index contributed by atoms with van der Waals surface area (Å²) in [6, 6.07) is 24.0. The van der Waals surface area contributed by atoms with E-state index in [1.54, 1.807) is 25.1 Å². The SMILES string of the molecule is CCOc1cc(C2C(C(=O)c3sc(C)nc3C)=C(O)C(=O)N2c2nnc(SCc3ccccc3)s2)ccc1OCc1ccccc1. The molecule has 46 heavy (non-hydrogen) atoms. The van der Waals surface area contributed by atoms with Gasteiger partial charge in [0.25, 0.3) is 5.91 Å². The number of hydrogen-bond donors (Lipinski definition) is 1. The lowest BCUT2D eigenvalue weighted by Gasteiger charge is -2.25. The minimum absolute atomic E-state index is 0.0501. The molecule has 5 aromatic rings. The van der Waals surface area contributed by atoms with Crippen molar-refractivity contribution in [2.45, 2.75) is 43.5 Å². The number of rotatable bonds is 12. The Bertz CT molecular complexity index is 1910. The summed E-state index contributed by atoms with van der Waals surface area (Å²) >= 11 is 3.95. The number of thiazole rings is 1. The molecule has 1 atom stereocenters. The van der Waals surface area contributed by atoms with Crippen molar-refractivity contribution in [3.63, 3.8) is 0 Å². The number of thioether (sulfide) groups is 1. The molecule has 1 N–H and O–H groups in total. The van der Waals surface area contributed by atoms with Crippen LogP contribution in [0.4, 0.5) is 5.13 Å². The first-order chi connectivity index (χ1) is 22.3. The topological polar surface area (TPSA) is 115 Å². The van der Waals surface area contributed by atoms with Crippen LogP contribution in [0.25, 0.3) is 0 Å². The molecule has 0 saturated heterocycles. The van der Waals surface area contributed by atoms with E-state index in [4.69, 9.17) is 9.47 Å². The van der Waals surface area contributed by atoms with Gasteiger partial charge in [0.1, 0.15) is 6.61 Å². The lowest BCUT2D eigenvalue weighted by atomic mass is 9.95. The molecule has 0 spiro atoms. The predicted octanol–water partition coefficient (Wildman–Crippen LogP) is 7.66. The number of ether oxygens (including phenoxy) is 2. The van der Waals surface area contributed by atoms with Gasteiger partial charge in [-0.2, -0.15) is 0 Å². The van der Waals surface area contributed by atoms with Gasteiger partial charge in [0.2, 0.25) is 10.9 Å². The summed E-state index contributed by atoms with van der Waals surface area (Å²) in [6.07, 6.45) is 0. The van der Waals surface area contributed by atoms with E-state index in [-0.39, 0.29) is 10.7 Å².